The van der Waals surface area contributed by atoms with Crippen molar-refractivity contribution < 1.29 is 13.0 Å². The molecule has 1 aromatic carbocycles. The van der Waals surface area contributed by atoms with Crippen LogP contribution in [0.5, 0.6) is 0 Å². The molecular formula is C11H14O3S. The van der Waals surface area contributed by atoms with E-state index in [4.69, 9.17) is 4.55 Å². The largest absolute Gasteiger partial charge is 0.294 e. The van der Waals surface area contributed by atoms with E-state index in [1.807, 2.05) is 0 Å². The smallest absolute Gasteiger partial charge is 0.282 e. The first-order valence-corrected chi connectivity index (χ1v) is 6.48. The van der Waals surface area contributed by atoms with Gasteiger partial charge in [0.25, 0.3) is 10.1 Å². The third kappa shape index (κ3) is 2.21. The van der Waals surface area contributed by atoms with Gasteiger partial charge in [0.05, 0.1) is 4.90 Å². The fourth-order valence-electron chi connectivity index (χ4n) is 2.09. The zero-order chi connectivity index (χ0) is 11.1. The van der Waals surface area contributed by atoms with Gasteiger partial charge < -0.3 is 0 Å². The first-order valence-electron chi connectivity index (χ1n) is 5.04. The molecule has 4 heteroatoms. The van der Waals surface area contributed by atoms with Crippen LogP contribution < -0.4 is 0 Å². The van der Waals surface area contributed by atoms with E-state index in [0.29, 0.717) is 5.92 Å². The van der Waals surface area contributed by atoms with Crippen LogP contribution >= 0.6 is 0 Å². The second-order valence-corrected chi connectivity index (χ2v) is 5.74. The summed E-state index contributed by atoms with van der Waals surface area (Å²) >= 11 is 0. The molecule has 1 aromatic rings. The Hall–Kier alpha value is -0.870. The highest BCUT2D eigenvalue weighted by molar-refractivity contribution is 7.85. The molecule has 0 aromatic heterocycles. The SMILES string of the molecule is CC1CC(c2ccc(S(=O)(=O)O)cc2)C1. The highest BCUT2D eigenvalue weighted by atomic mass is 32.2. The average Bonchev–Trinajstić information content (AvgIpc) is 2.12. The van der Waals surface area contributed by atoms with E-state index < -0.39 is 10.1 Å². The third-order valence-electron chi connectivity index (χ3n) is 3.02. The molecule has 0 saturated heterocycles. The minimum absolute atomic E-state index is 0.0291. The van der Waals surface area contributed by atoms with Crippen LogP contribution in [0.1, 0.15) is 31.2 Å². The van der Waals surface area contributed by atoms with Gasteiger partial charge in [-0.1, -0.05) is 19.1 Å². The molecule has 15 heavy (non-hydrogen) atoms. The Bertz CT molecular complexity index is 441. The molecule has 1 aliphatic carbocycles. The summed E-state index contributed by atoms with van der Waals surface area (Å²) in [5.41, 5.74) is 1.17. The van der Waals surface area contributed by atoms with Gasteiger partial charge in [0.15, 0.2) is 0 Å². The maximum Gasteiger partial charge on any atom is 0.294 e. The topological polar surface area (TPSA) is 54.4 Å². The van der Waals surface area contributed by atoms with E-state index in [1.54, 1.807) is 12.1 Å². The van der Waals surface area contributed by atoms with Crippen molar-refractivity contribution in [1.82, 2.24) is 0 Å². The summed E-state index contributed by atoms with van der Waals surface area (Å²) in [5.74, 6) is 1.34. The summed E-state index contributed by atoms with van der Waals surface area (Å²) in [6.07, 6.45) is 2.34. The van der Waals surface area contributed by atoms with Gasteiger partial charge in [0.1, 0.15) is 0 Å². The van der Waals surface area contributed by atoms with Crippen LogP contribution in [0, 0.1) is 5.92 Å². The molecule has 0 amide bonds. The first-order chi connectivity index (χ1) is 6.97. The molecule has 1 fully saturated rings. The van der Waals surface area contributed by atoms with Gasteiger partial charge in [-0.05, 0) is 42.4 Å². The summed E-state index contributed by atoms with van der Waals surface area (Å²) in [6.45, 7) is 2.21. The van der Waals surface area contributed by atoms with E-state index in [1.165, 1.54) is 30.5 Å². The second-order valence-electron chi connectivity index (χ2n) is 4.32. The minimum Gasteiger partial charge on any atom is -0.282 e. The molecule has 0 aliphatic heterocycles. The zero-order valence-electron chi connectivity index (χ0n) is 8.55. The lowest BCUT2D eigenvalue weighted by molar-refractivity contribution is 0.288. The Morgan fingerprint density at radius 1 is 1.20 bits per heavy atom. The van der Waals surface area contributed by atoms with Crippen LogP contribution in [-0.4, -0.2) is 13.0 Å². The number of hydrogen-bond acceptors (Lipinski definition) is 2. The Balaban J connectivity index is 2.18. The van der Waals surface area contributed by atoms with Gasteiger partial charge in [-0.3, -0.25) is 4.55 Å². The minimum atomic E-state index is -4.04. The lowest BCUT2D eigenvalue weighted by atomic mass is 9.72. The van der Waals surface area contributed by atoms with E-state index in [-0.39, 0.29) is 4.90 Å². The first kappa shape index (κ1) is 10.6. The molecule has 1 aliphatic rings. The van der Waals surface area contributed by atoms with Crippen molar-refractivity contribution >= 4 is 10.1 Å². The molecule has 1 N–H and O–H groups in total. The van der Waals surface area contributed by atoms with Gasteiger partial charge >= 0.3 is 0 Å². The monoisotopic (exact) mass is 226 g/mol. The highest BCUT2D eigenvalue weighted by Crippen LogP contribution is 2.41. The summed E-state index contributed by atoms with van der Waals surface area (Å²) in [5, 5.41) is 0. The van der Waals surface area contributed by atoms with E-state index in [0.717, 1.165) is 5.92 Å². The van der Waals surface area contributed by atoms with Crippen LogP contribution in [0.15, 0.2) is 29.2 Å². The lowest BCUT2D eigenvalue weighted by Crippen LogP contribution is -2.18. The van der Waals surface area contributed by atoms with Crippen LogP contribution in [0.2, 0.25) is 0 Å². The van der Waals surface area contributed by atoms with E-state index >= 15 is 0 Å². The van der Waals surface area contributed by atoms with Crippen molar-refractivity contribution in [2.24, 2.45) is 5.92 Å². The molecule has 0 radical (unpaired) electrons. The van der Waals surface area contributed by atoms with Gasteiger partial charge in [0, 0.05) is 0 Å². The predicted octanol–water partition coefficient (Wildman–Crippen LogP) is 2.45. The van der Waals surface area contributed by atoms with Crippen LogP contribution in [0.3, 0.4) is 0 Å². The second kappa shape index (κ2) is 3.61. The maximum absolute atomic E-state index is 10.8. The summed E-state index contributed by atoms with van der Waals surface area (Å²) < 4.78 is 30.4. The van der Waals surface area contributed by atoms with E-state index in [9.17, 15) is 8.42 Å². The Morgan fingerprint density at radius 2 is 1.73 bits per heavy atom. The molecule has 0 atom stereocenters. The molecule has 3 nitrogen and oxygen atoms in total. The third-order valence-corrected chi connectivity index (χ3v) is 3.89. The van der Waals surface area contributed by atoms with Crippen molar-refractivity contribution in [2.45, 2.75) is 30.6 Å². The fraction of sp³-hybridized carbons (Fsp3) is 0.455. The Labute approximate surface area is 89.9 Å². The standard InChI is InChI=1S/C11H14O3S/c1-8-6-10(7-8)9-2-4-11(5-3-9)15(12,13)14/h2-5,8,10H,6-7H2,1H3,(H,12,13,14). The average molecular weight is 226 g/mol. The van der Waals surface area contributed by atoms with Crippen LogP contribution in [-0.2, 0) is 10.1 Å². The lowest BCUT2D eigenvalue weighted by Gasteiger charge is -2.33. The Morgan fingerprint density at radius 3 is 2.13 bits per heavy atom. The number of benzene rings is 1. The molecule has 82 valence electrons. The highest BCUT2D eigenvalue weighted by Gasteiger charge is 2.26. The van der Waals surface area contributed by atoms with Crippen molar-refractivity contribution in [3.8, 4) is 0 Å². The normalized spacial score (nSPS) is 26.0. The molecule has 0 spiro atoms. The number of rotatable bonds is 2. The van der Waals surface area contributed by atoms with Gasteiger partial charge in [-0.2, -0.15) is 8.42 Å². The molecular weight excluding hydrogens is 212 g/mol. The van der Waals surface area contributed by atoms with Gasteiger partial charge in [0.2, 0.25) is 0 Å². The van der Waals surface area contributed by atoms with Gasteiger partial charge in [-0.25, -0.2) is 0 Å². The molecule has 1 saturated carbocycles. The Kier molecular flexibility index (Phi) is 2.56. The van der Waals surface area contributed by atoms with E-state index in [2.05, 4.69) is 6.92 Å². The number of hydrogen-bond donors (Lipinski definition) is 1. The van der Waals surface area contributed by atoms with Gasteiger partial charge in [-0.15, -0.1) is 0 Å². The zero-order valence-corrected chi connectivity index (χ0v) is 9.37. The van der Waals surface area contributed by atoms with Crippen molar-refractivity contribution in [2.75, 3.05) is 0 Å². The maximum atomic E-state index is 10.8. The van der Waals surface area contributed by atoms with Crippen molar-refractivity contribution in [1.29, 1.82) is 0 Å². The van der Waals surface area contributed by atoms with Crippen LogP contribution in [0.4, 0.5) is 0 Å². The summed E-state index contributed by atoms with van der Waals surface area (Å²) in [4.78, 5) is -0.0291. The molecule has 0 unspecified atom stereocenters. The predicted molar refractivity (Wildman–Crippen MR) is 57.4 cm³/mol. The molecule has 0 bridgehead atoms. The fourth-order valence-corrected chi connectivity index (χ4v) is 2.57. The molecule has 2 rings (SSSR count). The quantitative estimate of drug-likeness (QED) is 0.788. The van der Waals surface area contributed by atoms with Crippen LogP contribution in [0.25, 0.3) is 0 Å². The molecule has 0 heterocycles. The van der Waals surface area contributed by atoms with Crippen molar-refractivity contribution in [3.05, 3.63) is 29.8 Å². The van der Waals surface area contributed by atoms with Crippen molar-refractivity contribution in [3.63, 3.8) is 0 Å². The summed E-state index contributed by atoms with van der Waals surface area (Å²) in [6, 6.07) is 6.51. The summed E-state index contributed by atoms with van der Waals surface area (Å²) in [7, 11) is -4.04.